The lowest BCUT2D eigenvalue weighted by atomic mass is 10.1. The average Bonchev–Trinajstić information content (AvgIpc) is 2.71. The van der Waals surface area contributed by atoms with Crippen LogP contribution in [-0.2, 0) is 13.0 Å². The quantitative estimate of drug-likeness (QED) is 0.823. The zero-order valence-corrected chi connectivity index (χ0v) is 10.2. The van der Waals surface area contributed by atoms with Crippen molar-refractivity contribution in [2.75, 3.05) is 13.1 Å². The zero-order valence-electron chi connectivity index (χ0n) is 10.2. The van der Waals surface area contributed by atoms with E-state index in [1.807, 2.05) is 6.92 Å². The minimum absolute atomic E-state index is 0.528. The highest BCUT2D eigenvalue weighted by atomic mass is 16.5. The van der Waals surface area contributed by atoms with Gasteiger partial charge in [0.05, 0.1) is 6.54 Å². The molecule has 2 rings (SSSR count). The maximum atomic E-state index is 5.11. The fourth-order valence-corrected chi connectivity index (χ4v) is 2.00. The smallest absolute Gasteiger partial charge is 0.226 e. The molecule has 1 N–H and O–H groups in total. The third kappa shape index (κ3) is 2.59. The normalized spacial score (nSPS) is 27.2. The molecule has 0 spiro atoms. The lowest BCUT2D eigenvalue weighted by molar-refractivity contribution is 0.134. The van der Waals surface area contributed by atoms with Crippen molar-refractivity contribution in [1.29, 1.82) is 0 Å². The molecule has 0 aromatic carbocycles. The molecule has 90 valence electrons. The highest BCUT2D eigenvalue weighted by Crippen LogP contribution is 2.10. The van der Waals surface area contributed by atoms with Gasteiger partial charge < -0.3 is 9.84 Å². The molecule has 2 heterocycles. The van der Waals surface area contributed by atoms with Crippen LogP contribution in [-0.4, -0.2) is 40.2 Å². The molecular weight excluding hydrogens is 204 g/mol. The molecule has 1 saturated heterocycles. The number of piperazine rings is 1. The number of nitrogens with one attached hydrogen (secondary N) is 1. The van der Waals surface area contributed by atoms with Crippen LogP contribution < -0.4 is 5.32 Å². The van der Waals surface area contributed by atoms with Crippen LogP contribution in [0.5, 0.6) is 0 Å². The van der Waals surface area contributed by atoms with Gasteiger partial charge in [0.2, 0.25) is 5.89 Å². The van der Waals surface area contributed by atoms with Gasteiger partial charge in [-0.1, -0.05) is 12.1 Å². The first-order valence-corrected chi connectivity index (χ1v) is 5.98. The van der Waals surface area contributed by atoms with Crippen molar-refractivity contribution < 1.29 is 4.52 Å². The number of hydrogen-bond donors (Lipinski definition) is 1. The van der Waals surface area contributed by atoms with E-state index in [2.05, 4.69) is 34.2 Å². The van der Waals surface area contributed by atoms with Crippen molar-refractivity contribution in [3.63, 3.8) is 0 Å². The molecule has 1 aliphatic heterocycles. The molecule has 16 heavy (non-hydrogen) atoms. The Morgan fingerprint density at radius 2 is 2.31 bits per heavy atom. The van der Waals surface area contributed by atoms with E-state index in [-0.39, 0.29) is 0 Å². The highest BCUT2D eigenvalue weighted by Gasteiger charge is 2.23. The Hall–Kier alpha value is -0.940. The minimum atomic E-state index is 0.528. The molecule has 5 heteroatoms. The summed E-state index contributed by atoms with van der Waals surface area (Å²) < 4.78 is 5.11. The Balaban J connectivity index is 1.97. The van der Waals surface area contributed by atoms with E-state index in [4.69, 9.17) is 4.52 Å². The van der Waals surface area contributed by atoms with Crippen molar-refractivity contribution in [3.05, 3.63) is 11.7 Å². The van der Waals surface area contributed by atoms with E-state index in [0.29, 0.717) is 12.1 Å². The molecule has 0 saturated carbocycles. The predicted octanol–water partition coefficient (Wildman–Crippen LogP) is 0.814. The zero-order chi connectivity index (χ0) is 11.5. The van der Waals surface area contributed by atoms with Crippen LogP contribution >= 0.6 is 0 Å². The SMILES string of the molecule is CCc1nc(CN2CC(C)NCC2C)no1. The molecule has 2 unspecified atom stereocenters. The first-order valence-electron chi connectivity index (χ1n) is 5.98. The van der Waals surface area contributed by atoms with Crippen molar-refractivity contribution in [2.24, 2.45) is 0 Å². The number of hydrogen-bond acceptors (Lipinski definition) is 5. The number of aromatic nitrogens is 2. The van der Waals surface area contributed by atoms with E-state index in [9.17, 15) is 0 Å². The maximum absolute atomic E-state index is 5.11. The van der Waals surface area contributed by atoms with Gasteiger partial charge in [0.1, 0.15) is 0 Å². The van der Waals surface area contributed by atoms with Gasteiger partial charge >= 0.3 is 0 Å². The monoisotopic (exact) mass is 224 g/mol. The summed E-state index contributed by atoms with van der Waals surface area (Å²) in [6.45, 7) is 9.30. The minimum Gasteiger partial charge on any atom is -0.339 e. The second kappa shape index (κ2) is 4.93. The molecule has 1 aromatic heterocycles. The molecule has 0 bridgehead atoms. The summed E-state index contributed by atoms with van der Waals surface area (Å²) in [4.78, 5) is 6.74. The highest BCUT2D eigenvalue weighted by molar-refractivity contribution is 4.89. The van der Waals surface area contributed by atoms with Crippen LogP contribution in [0.4, 0.5) is 0 Å². The fourth-order valence-electron chi connectivity index (χ4n) is 2.00. The van der Waals surface area contributed by atoms with Gasteiger partial charge in [0, 0.05) is 31.6 Å². The molecule has 1 fully saturated rings. The summed E-state index contributed by atoms with van der Waals surface area (Å²) in [7, 11) is 0. The molecule has 0 aliphatic carbocycles. The van der Waals surface area contributed by atoms with Crippen molar-refractivity contribution in [2.45, 2.75) is 45.8 Å². The number of rotatable bonds is 3. The molecule has 5 nitrogen and oxygen atoms in total. The van der Waals surface area contributed by atoms with Gasteiger partial charge in [0.25, 0.3) is 0 Å². The van der Waals surface area contributed by atoms with Crippen LogP contribution in [0, 0.1) is 0 Å². The molecule has 1 aliphatic rings. The molecule has 2 atom stereocenters. The standard InChI is InChI=1S/C11H20N4O/c1-4-11-13-10(14-16-11)7-15-6-8(2)12-5-9(15)3/h8-9,12H,4-7H2,1-3H3. The lowest BCUT2D eigenvalue weighted by Gasteiger charge is -2.36. The van der Waals surface area contributed by atoms with Gasteiger partial charge in [-0.05, 0) is 13.8 Å². The average molecular weight is 224 g/mol. The Kier molecular flexibility index (Phi) is 3.56. The second-order valence-corrected chi connectivity index (χ2v) is 4.55. The van der Waals surface area contributed by atoms with Crippen LogP contribution in [0.15, 0.2) is 4.52 Å². The largest absolute Gasteiger partial charge is 0.339 e. The van der Waals surface area contributed by atoms with E-state index in [1.54, 1.807) is 0 Å². The third-order valence-electron chi connectivity index (χ3n) is 3.05. The third-order valence-corrected chi connectivity index (χ3v) is 3.05. The van der Waals surface area contributed by atoms with Crippen LogP contribution in [0.1, 0.15) is 32.5 Å². The second-order valence-electron chi connectivity index (χ2n) is 4.55. The van der Waals surface area contributed by atoms with Gasteiger partial charge in [-0.2, -0.15) is 4.98 Å². The Bertz CT molecular complexity index is 338. The maximum Gasteiger partial charge on any atom is 0.226 e. The summed E-state index contributed by atoms with van der Waals surface area (Å²) in [6, 6.07) is 1.06. The molecule has 1 aromatic rings. The van der Waals surface area contributed by atoms with Crippen molar-refractivity contribution in [1.82, 2.24) is 20.4 Å². The van der Waals surface area contributed by atoms with Gasteiger partial charge in [-0.3, -0.25) is 4.90 Å². The first-order chi connectivity index (χ1) is 7.69. The summed E-state index contributed by atoms with van der Waals surface area (Å²) in [6.07, 6.45) is 0.806. The Morgan fingerprint density at radius 3 is 3.00 bits per heavy atom. The van der Waals surface area contributed by atoms with E-state index >= 15 is 0 Å². The Morgan fingerprint density at radius 1 is 1.50 bits per heavy atom. The number of nitrogens with zero attached hydrogens (tertiary/aromatic N) is 3. The van der Waals surface area contributed by atoms with Crippen molar-refractivity contribution >= 4 is 0 Å². The summed E-state index contributed by atoms with van der Waals surface area (Å²) in [5, 5.41) is 7.45. The van der Waals surface area contributed by atoms with Gasteiger partial charge in [-0.25, -0.2) is 0 Å². The first kappa shape index (κ1) is 11.5. The Labute approximate surface area is 96.2 Å². The molecule has 0 amide bonds. The van der Waals surface area contributed by atoms with Gasteiger partial charge in [0.15, 0.2) is 5.82 Å². The van der Waals surface area contributed by atoms with E-state index < -0.39 is 0 Å². The molecule has 0 radical (unpaired) electrons. The lowest BCUT2D eigenvalue weighted by Crippen LogP contribution is -2.53. The topological polar surface area (TPSA) is 54.2 Å². The molecular formula is C11H20N4O. The van der Waals surface area contributed by atoms with Crippen LogP contribution in [0.3, 0.4) is 0 Å². The summed E-state index contributed by atoms with van der Waals surface area (Å²) in [5.41, 5.74) is 0. The van der Waals surface area contributed by atoms with Gasteiger partial charge in [-0.15, -0.1) is 0 Å². The summed E-state index contributed by atoms with van der Waals surface area (Å²) in [5.74, 6) is 1.53. The van der Waals surface area contributed by atoms with Crippen LogP contribution in [0.2, 0.25) is 0 Å². The summed E-state index contributed by atoms with van der Waals surface area (Å²) >= 11 is 0. The predicted molar refractivity (Wildman–Crippen MR) is 61.0 cm³/mol. The number of aryl methyl sites for hydroxylation is 1. The van der Waals surface area contributed by atoms with Crippen LogP contribution in [0.25, 0.3) is 0 Å². The fraction of sp³-hybridized carbons (Fsp3) is 0.818. The van der Waals surface area contributed by atoms with E-state index in [1.165, 1.54) is 0 Å². The van der Waals surface area contributed by atoms with Crippen molar-refractivity contribution in [3.8, 4) is 0 Å². The van der Waals surface area contributed by atoms with E-state index in [0.717, 1.165) is 37.8 Å².